The monoisotopic (exact) mass is 1200 g/mol. The van der Waals surface area contributed by atoms with Gasteiger partial charge in [-0.1, -0.05) is 0 Å². The van der Waals surface area contributed by atoms with Gasteiger partial charge in [-0.2, -0.15) is 0 Å². The molecule has 0 spiro atoms. The smallest absolute Gasteiger partial charge is 0.217 e. The van der Waals surface area contributed by atoms with Crippen LogP contribution in [0.15, 0.2) is 0 Å². The first-order valence-electron chi connectivity index (χ1n) is 26.0. The average molecular weight is 1210 g/mol. The molecule has 0 aliphatic carbocycles. The van der Waals surface area contributed by atoms with Gasteiger partial charge in [-0.05, 0) is 0 Å². The SMILES string of the molecule is CC(=O)N[C@@H]1[C@H](O[C@H]2[C@@H](O)[C@H](NC(C)=O)[C@H](O)O[C@@H]2CO)O[C@H](CO)[C@@H](O[C@H]2O[C@H](CO[C@H]3O[C@@H](CO)[C@@H](O)[C@H](O[C@H]4O[C@@H](CO)[C@@H](O)[C@H](O)[C@@H]4O)[C@@H]3O)[C@H](O)[C@H](O[C@H]3O[C@@H](CO)[C@@H](O)[C@H](O)[C@@H]3O)[C@H]2O[C@@H]2OC[C@@H](O)[C@H](O)[C@@H]2O)[C@H]1O. The third-order valence-corrected chi connectivity index (χ3v) is 14.9. The second-order valence-electron chi connectivity index (χ2n) is 20.6. The van der Waals surface area contributed by atoms with Gasteiger partial charge in [0.15, 0.2) is 44.0 Å². The van der Waals surface area contributed by atoms with Gasteiger partial charge < -0.3 is 174 Å². The minimum Gasteiger partial charge on any atom is -0.394 e. The molecule has 0 radical (unpaired) electrons. The van der Waals surface area contributed by atoms with Gasteiger partial charge in [0.2, 0.25) is 11.8 Å². The molecular formula is C45H76N2O35. The van der Waals surface area contributed by atoms with Gasteiger partial charge in [0.1, 0.15) is 165 Å². The van der Waals surface area contributed by atoms with Gasteiger partial charge in [0.25, 0.3) is 0 Å². The number of rotatable bonds is 20. The van der Waals surface area contributed by atoms with Crippen molar-refractivity contribution in [3.63, 3.8) is 0 Å². The number of amides is 2. The number of hydrogen-bond donors (Lipinski definition) is 22. The Balaban J connectivity index is 1.24. The summed E-state index contributed by atoms with van der Waals surface area (Å²) in [5.74, 6) is -1.63. The molecule has 7 saturated heterocycles. The third kappa shape index (κ3) is 14.4. The van der Waals surface area contributed by atoms with Crippen molar-refractivity contribution in [2.75, 3.05) is 46.2 Å². The fourth-order valence-electron chi connectivity index (χ4n) is 10.4. The molecule has 0 unspecified atom stereocenters. The molecule has 22 N–H and O–H groups in total. The van der Waals surface area contributed by atoms with E-state index < -0.39 is 267 Å². The maximum atomic E-state index is 12.8. The highest BCUT2D eigenvalue weighted by atomic mass is 16.8. The van der Waals surface area contributed by atoms with Crippen LogP contribution >= 0.6 is 0 Å². The Morgan fingerprint density at radius 3 is 1.30 bits per heavy atom. The summed E-state index contributed by atoms with van der Waals surface area (Å²) in [6, 6.07) is -3.43. The van der Waals surface area contributed by atoms with Crippen molar-refractivity contribution in [3.05, 3.63) is 0 Å². The van der Waals surface area contributed by atoms with Gasteiger partial charge >= 0.3 is 0 Å². The highest BCUT2D eigenvalue weighted by molar-refractivity contribution is 5.73. The highest BCUT2D eigenvalue weighted by Gasteiger charge is 2.59. The summed E-state index contributed by atoms with van der Waals surface area (Å²) in [6.07, 6.45) is -63.5. The van der Waals surface area contributed by atoms with E-state index in [4.69, 9.17) is 61.6 Å². The van der Waals surface area contributed by atoms with Gasteiger partial charge in [-0.25, -0.2) is 0 Å². The predicted octanol–water partition coefficient (Wildman–Crippen LogP) is -15.3. The lowest BCUT2D eigenvalue weighted by atomic mass is 9.93. The summed E-state index contributed by atoms with van der Waals surface area (Å²) in [7, 11) is 0. The molecule has 37 nitrogen and oxygen atoms in total. The quantitative estimate of drug-likeness (QED) is 0.0538. The molecule has 0 saturated carbocycles. The molecule has 7 rings (SSSR count). The summed E-state index contributed by atoms with van der Waals surface area (Å²) < 4.78 is 75.5. The fraction of sp³-hybridized carbons (Fsp3) is 0.956. The van der Waals surface area contributed by atoms with Crippen molar-refractivity contribution in [1.29, 1.82) is 0 Å². The maximum Gasteiger partial charge on any atom is 0.217 e. The molecule has 7 fully saturated rings. The molecule has 7 aliphatic rings. The standard InChI is InChI=1S/C45H76N2O35/c1-10(53)46-19-26(61)34(16(6-51)72-39(19)69)78-40-20(47-11(2)54)27(62)35(17(7-52)76-40)79-45-38(82-41-30(65)21(56)12(55)8-70-41)37(81-44-32(67)29(64)23(58)14(4-49)75-44)25(60)18(77-45)9-71-42-33(68)36(24(59)15(5-50)73-42)80-43-31(66)28(63)22(57)13(3-48)74-43/h12-45,48-52,55-69H,3-9H2,1-2H3,(H,46,53)(H,47,54)/t12-,13+,14+,15+,16-,17-,18-,19+,20+,21+,22-,23-,24-,25+,26+,27+,28+,29+,30+,31+,32+,33+,34-,35-,36+,37+,38-,39-,40+,41+,42+,43-,44-,45-/m1/s1. The van der Waals surface area contributed by atoms with Gasteiger partial charge in [-0.3, -0.25) is 9.59 Å². The van der Waals surface area contributed by atoms with E-state index in [1.54, 1.807) is 0 Å². The van der Waals surface area contributed by atoms with Crippen molar-refractivity contribution in [2.24, 2.45) is 0 Å². The van der Waals surface area contributed by atoms with Crippen LogP contribution < -0.4 is 10.6 Å². The molecule has 2 amide bonds. The van der Waals surface area contributed by atoms with E-state index >= 15 is 0 Å². The zero-order valence-corrected chi connectivity index (χ0v) is 43.6. The maximum absolute atomic E-state index is 12.8. The van der Waals surface area contributed by atoms with E-state index in [9.17, 15) is 112 Å². The third-order valence-electron chi connectivity index (χ3n) is 14.9. The van der Waals surface area contributed by atoms with Gasteiger partial charge in [0, 0.05) is 13.8 Å². The molecule has 7 aliphatic heterocycles. The lowest BCUT2D eigenvalue weighted by Crippen LogP contribution is -2.71. The number of ether oxygens (including phenoxy) is 13. The number of carbonyl (C=O) groups is 2. The first kappa shape index (κ1) is 67.1. The van der Waals surface area contributed by atoms with Crippen LogP contribution in [0.5, 0.6) is 0 Å². The van der Waals surface area contributed by atoms with Crippen molar-refractivity contribution < 1.29 is 173 Å². The van der Waals surface area contributed by atoms with Gasteiger partial charge in [-0.15, -0.1) is 0 Å². The van der Waals surface area contributed by atoms with Crippen LogP contribution in [0, 0.1) is 0 Å². The predicted molar refractivity (Wildman–Crippen MR) is 249 cm³/mol. The first-order valence-corrected chi connectivity index (χ1v) is 26.0. The number of hydrogen-bond acceptors (Lipinski definition) is 35. The number of aliphatic hydroxyl groups excluding tert-OH is 20. The van der Waals surface area contributed by atoms with E-state index in [-0.39, 0.29) is 0 Å². The van der Waals surface area contributed by atoms with Crippen LogP contribution in [-0.2, 0) is 71.2 Å². The first-order chi connectivity index (χ1) is 38.8. The second kappa shape index (κ2) is 29.1. The van der Waals surface area contributed by atoms with Crippen LogP contribution in [0.2, 0.25) is 0 Å². The molecule has 7 heterocycles. The van der Waals surface area contributed by atoms with Crippen LogP contribution in [-0.4, -0.2) is 369 Å². The van der Waals surface area contributed by atoms with E-state index in [0.29, 0.717) is 0 Å². The Morgan fingerprint density at radius 2 is 0.768 bits per heavy atom. The minimum atomic E-state index is -2.29. The van der Waals surface area contributed by atoms with Crippen molar-refractivity contribution in [1.82, 2.24) is 10.6 Å². The molecule has 0 aromatic heterocycles. The van der Waals surface area contributed by atoms with E-state index in [0.717, 1.165) is 13.8 Å². The molecule has 0 aromatic carbocycles. The summed E-state index contributed by atoms with van der Waals surface area (Å²) >= 11 is 0. The molecule has 0 bridgehead atoms. The molecule has 0 aromatic rings. The summed E-state index contributed by atoms with van der Waals surface area (Å²) in [4.78, 5) is 24.8. The van der Waals surface area contributed by atoms with Crippen LogP contribution in [0.3, 0.4) is 0 Å². The molecular weight excluding hydrogens is 1130 g/mol. The summed E-state index contributed by atoms with van der Waals surface area (Å²) in [5.41, 5.74) is 0. The minimum absolute atomic E-state index is 0.725. The lowest BCUT2D eigenvalue weighted by molar-refractivity contribution is -0.404. The van der Waals surface area contributed by atoms with E-state index in [1.807, 2.05) is 0 Å². The Hall–Kier alpha value is -2.38. The molecule has 476 valence electrons. The average Bonchev–Trinajstić information content (AvgIpc) is 2.88. The van der Waals surface area contributed by atoms with Crippen LogP contribution in [0.25, 0.3) is 0 Å². The van der Waals surface area contributed by atoms with Crippen molar-refractivity contribution in [2.45, 2.75) is 223 Å². The normalized spacial score (nSPS) is 50.4. The Morgan fingerprint density at radius 1 is 0.366 bits per heavy atom. The molecule has 34 atom stereocenters. The molecule has 37 heteroatoms. The fourth-order valence-corrected chi connectivity index (χ4v) is 10.4. The second-order valence-corrected chi connectivity index (χ2v) is 20.6. The Labute approximate surface area is 464 Å². The number of carbonyl (C=O) groups excluding carboxylic acids is 2. The van der Waals surface area contributed by atoms with Crippen molar-refractivity contribution >= 4 is 11.8 Å². The Kier molecular flexibility index (Phi) is 23.8. The number of nitrogens with one attached hydrogen (secondary N) is 2. The van der Waals surface area contributed by atoms with Gasteiger partial charge in [0.05, 0.1) is 46.2 Å². The zero-order valence-electron chi connectivity index (χ0n) is 43.6. The lowest BCUT2D eigenvalue weighted by Gasteiger charge is -2.51. The summed E-state index contributed by atoms with van der Waals surface area (Å²) in [5, 5.41) is 221. The highest BCUT2D eigenvalue weighted by Crippen LogP contribution is 2.38. The summed E-state index contributed by atoms with van der Waals surface area (Å²) in [6.45, 7) is -4.75. The van der Waals surface area contributed by atoms with E-state index in [1.165, 1.54) is 0 Å². The van der Waals surface area contributed by atoms with Crippen molar-refractivity contribution in [3.8, 4) is 0 Å². The topological polar surface area (TPSA) is 583 Å². The zero-order chi connectivity index (χ0) is 60.3. The Bertz CT molecular complexity index is 2010. The molecule has 82 heavy (non-hydrogen) atoms. The number of aliphatic hydroxyl groups is 20. The van der Waals surface area contributed by atoms with E-state index in [2.05, 4.69) is 10.6 Å². The largest absolute Gasteiger partial charge is 0.394 e. The van der Waals surface area contributed by atoms with Crippen LogP contribution in [0.4, 0.5) is 0 Å². The van der Waals surface area contributed by atoms with Crippen LogP contribution in [0.1, 0.15) is 13.8 Å².